The lowest BCUT2D eigenvalue weighted by molar-refractivity contribution is 0.101. The lowest BCUT2D eigenvalue weighted by atomic mass is 10.1. The van der Waals surface area contributed by atoms with Crippen molar-refractivity contribution in [2.24, 2.45) is 0 Å². The number of nitrogens with zero attached hydrogens (tertiary/aromatic N) is 2. The molecule has 4 nitrogen and oxygen atoms in total. The smallest absolute Gasteiger partial charge is 0.180 e. The van der Waals surface area contributed by atoms with Crippen LogP contribution in [0.1, 0.15) is 62.8 Å². The molecule has 0 radical (unpaired) electrons. The van der Waals surface area contributed by atoms with Crippen molar-refractivity contribution < 1.29 is 9.90 Å². The van der Waals surface area contributed by atoms with E-state index in [9.17, 15) is 9.90 Å². The van der Waals surface area contributed by atoms with E-state index in [4.69, 9.17) is 0 Å². The molecular weight excluding hydrogens is 240 g/mol. The van der Waals surface area contributed by atoms with E-state index in [1.807, 2.05) is 26.0 Å². The molecule has 19 heavy (non-hydrogen) atoms. The zero-order valence-electron chi connectivity index (χ0n) is 12.9. The third kappa shape index (κ3) is 5.39. The number of aliphatic hydroxyl groups is 1. The molecular formula is C15H26N2O2. The molecule has 0 aliphatic rings. The van der Waals surface area contributed by atoms with Gasteiger partial charge in [-0.2, -0.15) is 5.10 Å². The van der Waals surface area contributed by atoms with E-state index in [0.717, 1.165) is 11.3 Å². The van der Waals surface area contributed by atoms with Crippen LogP contribution in [0.15, 0.2) is 6.08 Å². The van der Waals surface area contributed by atoms with Gasteiger partial charge in [-0.25, -0.2) is 0 Å². The predicted molar refractivity (Wildman–Crippen MR) is 79.3 cm³/mol. The van der Waals surface area contributed by atoms with Crippen LogP contribution in [-0.4, -0.2) is 26.8 Å². The number of carbonyl (C=O) groups excluding carboxylic acids is 1. The number of aliphatic hydroxyl groups excluding tert-OH is 1. The van der Waals surface area contributed by atoms with Gasteiger partial charge >= 0.3 is 0 Å². The molecule has 0 saturated carbocycles. The molecule has 1 unspecified atom stereocenters. The molecule has 0 saturated heterocycles. The van der Waals surface area contributed by atoms with E-state index in [-0.39, 0.29) is 5.78 Å². The molecule has 1 atom stereocenters. The van der Waals surface area contributed by atoms with Gasteiger partial charge in [-0.1, -0.05) is 26.3 Å². The molecule has 1 aromatic heterocycles. The molecule has 108 valence electrons. The Morgan fingerprint density at radius 1 is 1.47 bits per heavy atom. The first-order valence-electron chi connectivity index (χ1n) is 6.77. The first-order chi connectivity index (χ1) is 8.88. The summed E-state index contributed by atoms with van der Waals surface area (Å²) in [5.74, 6) is -0.0485. The topological polar surface area (TPSA) is 55.1 Å². The number of allylic oxidation sites excluding steroid dienone is 1. The summed E-state index contributed by atoms with van der Waals surface area (Å²) in [5.41, 5.74) is 2.23. The second kappa shape index (κ2) is 8.64. The number of aromatic nitrogens is 2. The molecule has 1 heterocycles. The quantitative estimate of drug-likeness (QED) is 0.851. The van der Waals surface area contributed by atoms with Crippen LogP contribution >= 0.6 is 0 Å². The summed E-state index contributed by atoms with van der Waals surface area (Å²) >= 11 is 0. The van der Waals surface area contributed by atoms with E-state index in [1.165, 1.54) is 13.3 Å². The van der Waals surface area contributed by atoms with E-state index >= 15 is 0 Å². The largest absolute Gasteiger partial charge is 0.391 e. The van der Waals surface area contributed by atoms with Gasteiger partial charge in [0.2, 0.25) is 0 Å². The van der Waals surface area contributed by atoms with E-state index in [0.29, 0.717) is 12.2 Å². The normalized spacial score (nSPS) is 12.2. The Kier molecular flexibility index (Phi) is 8.00. The van der Waals surface area contributed by atoms with Crippen LogP contribution in [0.2, 0.25) is 0 Å². The molecule has 1 N–H and O–H groups in total. The zero-order valence-corrected chi connectivity index (χ0v) is 12.9. The van der Waals surface area contributed by atoms with Crippen LogP contribution in [0, 0.1) is 6.92 Å². The van der Waals surface area contributed by atoms with Crippen LogP contribution in [0.5, 0.6) is 0 Å². The van der Waals surface area contributed by atoms with Gasteiger partial charge in [-0.15, -0.1) is 0 Å². The van der Waals surface area contributed by atoms with Crippen molar-refractivity contribution in [3.63, 3.8) is 0 Å². The fourth-order valence-electron chi connectivity index (χ4n) is 1.66. The molecule has 1 rings (SSSR count). The first kappa shape index (κ1) is 17.6. The van der Waals surface area contributed by atoms with Crippen molar-refractivity contribution in [1.29, 1.82) is 0 Å². The maximum atomic E-state index is 11.4. The van der Waals surface area contributed by atoms with Gasteiger partial charge in [-0.05, 0) is 26.8 Å². The lowest BCUT2D eigenvalue weighted by Crippen LogP contribution is -2.14. The summed E-state index contributed by atoms with van der Waals surface area (Å²) in [6, 6.07) is 0. The third-order valence-corrected chi connectivity index (χ3v) is 2.33. The summed E-state index contributed by atoms with van der Waals surface area (Å²) < 4.78 is 1.68. The molecule has 1 aromatic rings. The zero-order chi connectivity index (χ0) is 15.0. The maximum absolute atomic E-state index is 11.4. The SMILES string of the molecule is C/C=C\c1c(C)c(C(C)=O)nn1CC(C)O.CCC. The van der Waals surface area contributed by atoms with Crippen molar-refractivity contribution in [1.82, 2.24) is 9.78 Å². The Labute approximate surface area is 116 Å². The van der Waals surface area contributed by atoms with Crippen molar-refractivity contribution in [2.45, 2.75) is 60.6 Å². The second-order valence-corrected chi connectivity index (χ2v) is 4.65. The number of Topliss-reactive ketones (excluding diaryl/α,β-unsaturated/α-hetero) is 1. The Balaban J connectivity index is 0.000000982. The number of hydrogen-bond donors (Lipinski definition) is 1. The maximum Gasteiger partial charge on any atom is 0.180 e. The third-order valence-electron chi connectivity index (χ3n) is 2.33. The average Bonchev–Trinajstić information content (AvgIpc) is 2.58. The Bertz CT molecular complexity index is 432. The Hall–Kier alpha value is -1.42. The van der Waals surface area contributed by atoms with Crippen LogP contribution in [-0.2, 0) is 6.54 Å². The highest BCUT2D eigenvalue weighted by molar-refractivity contribution is 5.94. The summed E-state index contributed by atoms with van der Waals surface area (Å²) in [4.78, 5) is 11.4. The summed E-state index contributed by atoms with van der Waals surface area (Å²) in [6.07, 6.45) is 4.56. The minimum Gasteiger partial charge on any atom is -0.391 e. The molecule has 4 heteroatoms. The molecule has 0 bridgehead atoms. The highest BCUT2D eigenvalue weighted by atomic mass is 16.3. The van der Waals surface area contributed by atoms with E-state index in [2.05, 4.69) is 18.9 Å². The number of carbonyl (C=O) groups is 1. The number of ketones is 1. The second-order valence-electron chi connectivity index (χ2n) is 4.65. The monoisotopic (exact) mass is 266 g/mol. The van der Waals surface area contributed by atoms with Gasteiger partial charge in [-0.3, -0.25) is 9.48 Å². The lowest BCUT2D eigenvalue weighted by Gasteiger charge is -2.06. The van der Waals surface area contributed by atoms with Crippen LogP contribution in [0.3, 0.4) is 0 Å². The first-order valence-corrected chi connectivity index (χ1v) is 6.77. The van der Waals surface area contributed by atoms with Crippen molar-refractivity contribution in [2.75, 3.05) is 0 Å². The molecule has 0 amide bonds. The molecule has 0 aliphatic heterocycles. The van der Waals surface area contributed by atoms with E-state index < -0.39 is 6.10 Å². The number of rotatable bonds is 4. The van der Waals surface area contributed by atoms with Gasteiger partial charge in [0.25, 0.3) is 0 Å². The Morgan fingerprint density at radius 2 is 2.00 bits per heavy atom. The summed E-state index contributed by atoms with van der Waals surface area (Å²) in [7, 11) is 0. The van der Waals surface area contributed by atoms with Gasteiger partial charge in [0, 0.05) is 12.5 Å². The summed E-state index contributed by atoms with van der Waals surface area (Å²) in [6.45, 7) is 11.6. The minimum absolute atomic E-state index is 0.0485. The van der Waals surface area contributed by atoms with Gasteiger partial charge in [0.1, 0.15) is 5.69 Å². The summed E-state index contributed by atoms with van der Waals surface area (Å²) in [5, 5.41) is 13.6. The molecule has 0 spiro atoms. The van der Waals surface area contributed by atoms with Crippen molar-refractivity contribution >= 4 is 11.9 Å². The van der Waals surface area contributed by atoms with Crippen molar-refractivity contribution in [3.8, 4) is 0 Å². The number of hydrogen-bond acceptors (Lipinski definition) is 3. The fourth-order valence-corrected chi connectivity index (χ4v) is 1.66. The van der Waals surface area contributed by atoms with Crippen LogP contribution in [0.4, 0.5) is 0 Å². The fraction of sp³-hybridized carbons (Fsp3) is 0.600. The Morgan fingerprint density at radius 3 is 2.37 bits per heavy atom. The van der Waals surface area contributed by atoms with Gasteiger partial charge < -0.3 is 5.11 Å². The van der Waals surface area contributed by atoms with E-state index in [1.54, 1.807) is 11.6 Å². The average molecular weight is 266 g/mol. The molecule has 0 aliphatic carbocycles. The van der Waals surface area contributed by atoms with Crippen LogP contribution < -0.4 is 0 Å². The van der Waals surface area contributed by atoms with Gasteiger partial charge in [0.15, 0.2) is 5.78 Å². The molecule has 0 aromatic carbocycles. The minimum atomic E-state index is -0.483. The standard InChI is InChI=1S/C12H18N2O2.C3H8/c1-5-6-11-9(3)12(10(4)16)13-14(11)7-8(2)15;1-3-2/h5-6,8,15H,7H2,1-4H3;3H2,1-2H3/b6-5-;. The predicted octanol–water partition coefficient (Wildman–Crippen LogP) is 3.22. The highest BCUT2D eigenvalue weighted by Gasteiger charge is 2.16. The highest BCUT2D eigenvalue weighted by Crippen LogP contribution is 2.16. The van der Waals surface area contributed by atoms with Crippen molar-refractivity contribution in [3.05, 3.63) is 23.0 Å². The van der Waals surface area contributed by atoms with Gasteiger partial charge in [0.05, 0.1) is 18.3 Å². The van der Waals surface area contributed by atoms with Crippen LogP contribution in [0.25, 0.3) is 6.08 Å². The molecule has 0 fully saturated rings.